The van der Waals surface area contributed by atoms with Crippen molar-refractivity contribution in [3.63, 3.8) is 0 Å². The van der Waals surface area contributed by atoms with Crippen LogP contribution in [0.2, 0.25) is 0 Å². The molecule has 21 heavy (non-hydrogen) atoms. The highest BCUT2D eigenvalue weighted by Crippen LogP contribution is 2.21. The van der Waals surface area contributed by atoms with Crippen molar-refractivity contribution >= 4 is 17.3 Å². The maximum Gasteiger partial charge on any atom is 0.347 e. The number of hydrogen-bond donors (Lipinski definition) is 1. The summed E-state index contributed by atoms with van der Waals surface area (Å²) in [5, 5.41) is 11.2. The number of hydrogen-bond acceptors (Lipinski definition) is 4. The Morgan fingerprint density at radius 3 is 2.76 bits per heavy atom. The predicted molar refractivity (Wildman–Crippen MR) is 82.0 cm³/mol. The Bertz CT molecular complexity index is 704. The summed E-state index contributed by atoms with van der Waals surface area (Å²) >= 11 is 1.64. The van der Waals surface area contributed by atoms with E-state index in [2.05, 4.69) is 4.98 Å². The first kappa shape index (κ1) is 15.4. The minimum absolute atomic E-state index is 0.317. The van der Waals surface area contributed by atoms with Gasteiger partial charge in [0, 0.05) is 28.4 Å². The third kappa shape index (κ3) is 3.21. The fourth-order valence-electron chi connectivity index (χ4n) is 2.51. The minimum atomic E-state index is -0.911. The molecule has 0 saturated carbocycles. The molecule has 2 aromatic heterocycles. The number of aryl methyl sites for hydroxylation is 2. The van der Waals surface area contributed by atoms with Gasteiger partial charge in [-0.2, -0.15) is 4.98 Å². The fourth-order valence-corrected chi connectivity index (χ4v) is 3.20. The van der Waals surface area contributed by atoms with E-state index in [9.17, 15) is 14.7 Å². The van der Waals surface area contributed by atoms with E-state index < -0.39 is 11.9 Å². The van der Waals surface area contributed by atoms with Gasteiger partial charge in [0.25, 0.3) is 0 Å². The lowest BCUT2D eigenvalue weighted by Crippen LogP contribution is -2.30. The van der Waals surface area contributed by atoms with Crippen LogP contribution >= 0.6 is 11.3 Å². The van der Waals surface area contributed by atoms with Crippen LogP contribution in [-0.2, 0) is 17.8 Å². The van der Waals surface area contributed by atoms with Crippen molar-refractivity contribution in [1.29, 1.82) is 0 Å². The molecule has 2 heterocycles. The number of carboxylic acids is 1. The summed E-state index contributed by atoms with van der Waals surface area (Å²) in [6.45, 7) is 5.61. The van der Waals surface area contributed by atoms with Crippen molar-refractivity contribution in [3.05, 3.63) is 49.8 Å². The van der Waals surface area contributed by atoms with Gasteiger partial charge in [-0.3, -0.25) is 9.36 Å². The second-order valence-corrected chi connectivity index (χ2v) is 6.05. The van der Waals surface area contributed by atoms with Crippen LogP contribution in [-0.4, -0.2) is 20.6 Å². The van der Waals surface area contributed by atoms with Gasteiger partial charge in [-0.25, -0.2) is 4.79 Å². The lowest BCUT2D eigenvalue weighted by molar-refractivity contribution is -0.138. The summed E-state index contributed by atoms with van der Waals surface area (Å²) in [5.74, 6) is -1.59. The molecule has 1 unspecified atom stereocenters. The molecule has 0 spiro atoms. The summed E-state index contributed by atoms with van der Waals surface area (Å²) in [7, 11) is 0. The Hall–Kier alpha value is -1.95. The Morgan fingerprint density at radius 1 is 1.48 bits per heavy atom. The molecule has 0 bridgehead atoms. The molecule has 0 aromatic carbocycles. The SMILES string of the molecule is Cc1nc(=O)n(CCc2cccs2)c(C)c1C(C)C(=O)O. The molecule has 1 atom stereocenters. The number of nitrogens with zero attached hydrogens (tertiary/aromatic N) is 2. The van der Waals surface area contributed by atoms with Gasteiger partial charge in [0.1, 0.15) is 0 Å². The van der Waals surface area contributed by atoms with Crippen LogP contribution in [0.1, 0.15) is 34.7 Å². The third-order valence-electron chi connectivity index (χ3n) is 3.64. The van der Waals surface area contributed by atoms with Gasteiger partial charge < -0.3 is 5.11 Å². The van der Waals surface area contributed by atoms with Crippen LogP contribution in [0.3, 0.4) is 0 Å². The average molecular weight is 306 g/mol. The van der Waals surface area contributed by atoms with Crippen LogP contribution in [0, 0.1) is 13.8 Å². The van der Waals surface area contributed by atoms with Crippen molar-refractivity contribution in [1.82, 2.24) is 9.55 Å². The van der Waals surface area contributed by atoms with Gasteiger partial charge in [-0.05, 0) is 38.6 Å². The minimum Gasteiger partial charge on any atom is -0.481 e. The normalized spacial score (nSPS) is 12.3. The Labute approximate surface area is 126 Å². The number of thiophene rings is 1. The topological polar surface area (TPSA) is 72.2 Å². The molecular formula is C15H18N2O3S. The van der Waals surface area contributed by atoms with E-state index in [-0.39, 0.29) is 5.69 Å². The van der Waals surface area contributed by atoms with E-state index in [1.165, 1.54) is 4.88 Å². The van der Waals surface area contributed by atoms with Crippen LogP contribution in [0.5, 0.6) is 0 Å². The molecule has 0 amide bonds. The molecule has 6 heteroatoms. The summed E-state index contributed by atoms with van der Waals surface area (Å²) in [5.41, 5.74) is 1.51. The fraction of sp³-hybridized carbons (Fsp3) is 0.400. The molecule has 0 radical (unpaired) electrons. The quantitative estimate of drug-likeness (QED) is 0.920. The van der Waals surface area contributed by atoms with E-state index in [1.54, 1.807) is 36.7 Å². The molecule has 0 saturated heterocycles. The second kappa shape index (κ2) is 6.22. The van der Waals surface area contributed by atoms with Crippen molar-refractivity contribution in [2.45, 2.75) is 39.7 Å². The Morgan fingerprint density at radius 2 is 2.19 bits per heavy atom. The zero-order chi connectivity index (χ0) is 15.6. The molecule has 0 aliphatic carbocycles. The molecule has 5 nitrogen and oxygen atoms in total. The van der Waals surface area contributed by atoms with Crippen LogP contribution in [0.4, 0.5) is 0 Å². The van der Waals surface area contributed by atoms with Gasteiger partial charge >= 0.3 is 11.7 Å². The Kier molecular flexibility index (Phi) is 4.57. The highest BCUT2D eigenvalue weighted by molar-refractivity contribution is 7.09. The first-order valence-electron chi connectivity index (χ1n) is 6.75. The molecule has 2 aromatic rings. The van der Waals surface area contributed by atoms with Crippen LogP contribution < -0.4 is 5.69 Å². The van der Waals surface area contributed by atoms with Crippen molar-refractivity contribution in [3.8, 4) is 0 Å². The molecule has 112 valence electrons. The summed E-state index contributed by atoms with van der Waals surface area (Å²) in [4.78, 5) is 28.5. The summed E-state index contributed by atoms with van der Waals surface area (Å²) < 4.78 is 1.57. The standard InChI is InChI=1S/C15H18N2O3S/c1-9(14(18)19)13-10(2)16-15(20)17(11(13)3)7-6-12-5-4-8-21-12/h4-5,8-9H,6-7H2,1-3H3,(H,18,19). The van der Waals surface area contributed by atoms with Crippen LogP contribution in [0.15, 0.2) is 22.3 Å². The van der Waals surface area contributed by atoms with E-state index in [4.69, 9.17) is 0 Å². The zero-order valence-corrected chi connectivity index (χ0v) is 13.1. The van der Waals surface area contributed by atoms with Crippen molar-refractivity contribution in [2.75, 3.05) is 0 Å². The maximum absolute atomic E-state index is 12.1. The van der Waals surface area contributed by atoms with E-state index in [1.807, 2.05) is 17.5 Å². The largest absolute Gasteiger partial charge is 0.481 e. The van der Waals surface area contributed by atoms with Gasteiger partial charge in [-0.15, -0.1) is 11.3 Å². The van der Waals surface area contributed by atoms with E-state index in [0.29, 0.717) is 23.5 Å². The lowest BCUT2D eigenvalue weighted by Gasteiger charge is -2.17. The summed E-state index contributed by atoms with van der Waals surface area (Å²) in [6, 6.07) is 3.99. The molecule has 0 aliphatic rings. The molecule has 2 rings (SSSR count). The highest BCUT2D eigenvalue weighted by Gasteiger charge is 2.22. The maximum atomic E-state index is 12.1. The van der Waals surface area contributed by atoms with E-state index in [0.717, 1.165) is 6.42 Å². The average Bonchev–Trinajstić information content (AvgIpc) is 2.90. The van der Waals surface area contributed by atoms with Crippen molar-refractivity contribution in [2.24, 2.45) is 0 Å². The summed E-state index contributed by atoms with van der Waals surface area (Å²) in [6.07, 6.45) is 0.740. The molecule has 0 aliphatic heterocycles. The first-order valence-corrected chi connectivity index (χ1v) is 7.63. The molecular weight excluding hydrogens is 288 g/mol. The number of rotatable bonds is 5. The van der Waals surface area contributed by atoms with Gasteiger partial charge in [-0.1, -0.05) is 6.07 Å². The monoisotopic (exact) mass is 306 g/mol. The van der Waals surface area contributed by atoms with E-state index >= 15 is 0 Å². The third-order valence-corrected chi connectivity index (χ3v) is 4.58. The highest BCUT2D eigenvalue weighted by atomic mass is 32.1. The van der Waals surface area contributed by atoms with Gasteiger partial charge in [0.15, 0.2) is 0 Å². The number of carbonyl (C=O) groups is 1. The van der Waals surface area contributed by atoms with Crippen LogP contribution in [0.25, 0.3) is 0 Å². The van der Waals surface area contributed by atoms with Gasteiger partial charge in [0.2, 0.25) is 0 Å². The number of aliphatic carboxylic acids is 1. The molecule has 1 N–H and O–H groups in total. The lowest BCUT2D eigenvalue weighted by atomic mass is 9.98. The number of aromatic nitrogens is 2. The predicted octanol–water partition coefficient (Wildman–Crippen LogP) is 2.35. The smallest absolute Gasteiger partial charge is 0.347 e. The second-order valence-electron chi connectivity index (χ2n) is 5.02. The first-order chi connectivity index (χ1) is 9.91. The number of carboxylic acid groups (broad SMARTS) is 1. The zero-order valence-electron chi connectivity index (χ0n) is 12.3. The van der Waals surface area contributed by atoms with Crippen molar-refractivity contribution < 1.29 is 9.90 Å². The Balaban J connectivity index is 2.39. The molecule has 0 fully saturated rings. The van der Waals surface area contributed by atoms with Gasteiger partial charge in [0.05, 0.1) is 5.92 Å².